The normalized spacial score (nSPS) is 15.7. The van der Waals surface area contributed by atoms with Gasteiger partial charge < -0.3 is 19.5 Å². The number of hydrogen-bond acceptors (Lipinski definition) is 5. The second-order valence-corrected chi connectivity index (χ2v) is 8.90. The maximum atomic E-state index is 13.7. The lowest BCUT2D eigenvalue weighted by Crippen LogP contribution is -2.40. The van der Waals surface area contributed by atoms with Crippen LogP contribution in [0.25, 0.3) is 10.9 Å². The summed E-state index contributed by atoms with van der Waals surface area (Å²) in [5.41, 5.74) is 3.59. The number of nitrogens with zero attached hydrogens (tertiary/aromatic N) is 2. The minimum atomic E-state index is -0.484. The number of rotatable bonds is 6. The van der Waals surface area contributed by atoms with Gasteiger partial charge in [-0.15, -0.1) is 0 Å². The molecule has 2 N–H and O–H groups in total. The van der Waals surface area contributed by atoms with Crippen LogP contribution in [0.15, 0.2) is 84.7 Å². The summed E-state index contributed by atoms with van der Waals surface area (Å²) in [5, 5.41) is 19.5. The molecule has 178 valence electrons. The Bertz CT molecular complexity index is 1400. The number of nitrogens with one attached hydrogen (secondary N) is 1. The molecule has 2 heterocycles. The van der Waals surface area contributed by atoms with E-state index in [2.05, 4.69) is 16.3 Å². The van der Waals surface area contributed by atoms with Gasteiger partial charge in [0.15, 0.2) is 5.76 Å². The standard InChI is InChI=1S/C27H24ClN3O4/c1-31(26(18-7-3-2-4-8-18)25-16-34-10-11-35-25)27(33)21-14-20-22(29-30-23(20)15-24(21)32)13-17-6-5-9-19(28)12-17/h2-3,5-7,9-12,14-16,26,32H,4,8,13H2,1H3,(H,29,30). The molecule has 2 aliphatic rings. The maximum Gasteiger partial charge on any atom is 0.258 e. The van der Waals surface area contributed by atoms with Gasteiger partial charge in [0.2, 0.25) is 0 Å². The number of hydrogen-bond donors (Lipinski definition) is 2. The van der Waals surface area contributed by atoms with Crippen LogP contribution in [-0.4, -0.2) is 39.2 Å². The topological polar surface area (TPSA) is 87.7 Å². The highest BCUT2D eigenvalue weighted by Gasteiger charge is 2.31. The third-order valence-corrected chi connectivity index (χ3v) is 6.38. The van der Waals surface area contributed by atoms with Crippen LogP contribution in [0.1, 0.15) is 34.5 Å². The molecule has 0 saturated heterocycles. The third-order valence-electron chi connectivity index (χ3n) is 6.15. The first-order chi connectivity index (χ1) is 17.0. The van der Waals surface area contributed by atoms with Crippen LogP contribution in [-0.2, 0) is 15.9 Å². The molecule has 3 aromatic rings. The Kier molecular flexibility index (Phi) is 6.33. The summed E-state index contributed by atoms with van der Waals surface area (Å²) in [6.45, 7) is 0. The number of phenolic OH excluding ortho intramolecular Hbond substituents is 1. The van der Waals surface area contributed by atoms with E-state index >= 15 is 0 Å². The Balaban J connectivity index is 1.50. The monoisotopic (exact) mass is 489 g/mol. The molecular formula is C27H24ClN3O4. The van der Waals surface area contributed by atoms with E-state index in [1.807, 2.05) is 36.4 Å². The van der Waals surface area contributed by atoms with Crippen LogP contribution >= 0.6 is 11.6 Å². The Morgan fingerprint density at radius 1 is 1.29 bits per heavy atom. The van der Waals surface area contributed by atoms with Gasteiger partial charge in [0.25, 0.3) is 5.91 Å². The largest absolute Gasteiger partial charge is 0.507 e. The number of likely N-dealkylation sites (N-methyl/N-ethyl adjacent to an activating group) is 1. The molecule has 1 aromatic heterocycles. The van der Waals surface area contributed by atoms with Crippen molar-refractivity contribution in [3.05, 3.63) is 107 Å². The summed E-state index contributed by atoms with van der Waals surface area (Å²) in [6, 6.07) is 10.3. The fourth-order valence-corrected chi connectivity index (χ4v) is 4.65. The van der Waals surface area contributed by atoms with Crippen molar-refractivity contribution >= 4 is 28.4 Å². The number of aromatic amines is 1. The van der Waals surface area contributed by atoms with Crippen molar-refractivity contribution in [1.29, 1.82) is 0 Å². The van der Waals surface area contributed by atoms with Gasteiger partial charge >= 0.3 is 0 Å². The number of phenols is 1. The Morgan fingerprint density at radius 3 is 2.91 bits per heavy atom. The molecule has 0 spiro atoms. The fourth-order valence-electron chi connectivity index (χ4n) is 4.43. The molecule has 1 amide bonds. The van der Waals surface area contributed by atoms with E-state index in [-0.39, 0.29) is 17.2 Å². The second-order valence-electron chi connectivity index (χ2n) is 8.47. The van der Waals surface area contributed by atoms with Crippen molar-refractivity contribution in [1.82, 2.24) is 15.1 Å². The molecule has 0 saturated carbocycles. The molecule has 0 bridgehead atoms. The van der Waals surface area contributed by atoms with Crippen molar-refractivity contribution in [3.63, 3.8) is 0 Å². The number of benzene rings is 2. The second kappa shape index (κ2) is 9.72. The van der Waals surface area contributed by atoms with Crippen LogP contribution < -0.4 is 0 Å². The summed E-state index contributed by atoms with van der Waals surface area (Å²) in [5.74, 6) is 0.0208. The molecule has 5 rings (SSSR count). The molecule has 0 fully saturated rings. The lowest BCUT2D eigenvalue weighted by Gasteiger charge is -2.32. The molecule has 35 heavy (non-hydrogen) atoms. The van der Waals surface area contributed by atoms with E-state index in [4.69, 9.17) is 21.1 Å². The highest BCUT2D eigenvalue weighted by atomic mass is 35.5. The van der Waals surface area contributed by atoms with Gasteiger partial charge in [-0.05, 0) is 42.2 Å². The minimum Gasteiger partial charge on any atom is -0.507 e. The van der Waals surface area contributed by atoms with E-state index < -0.39 is 6.04 Å². The first-order valence-electron chi connectivity index (χ1n) is 11.3. The summed E-state index contributed by atoms with van der Waals surface area (Å²) in [7, 11) is 1.70. The van der Waals surface area contributed by atoms with Gasteiger partial charge in [-0.3, -0.25) is 9.89 Å². The number of aromatic hydroxyl groups is 1. The number of fused-ring (bicyclic) bond motifs is 1. The number of ether oxygens (including phenoxy) is 2. The van der Waals surface area contributed by atoms with Gasteiger partial charge in [-0.2, -0.15) is 5.10 Å². The minimum absolute atomic E-state index is 0.127. The van der Waals surface area contributed by atoms with Crippen molar-refractivity contribution in [2.24, 2.45) is 0 Å². The summed E-state index contributed by atoms with van der Waals surface area (Å²) in [6.07, 6.45) is 12.6. The smallest absolute Gasteiger partial charge is 0.258 e. The fraction of sp³-hybridized carbons (Fsp3) is 0.185. The molecule has 0 radical (unpaired) electrons. The lowest BCUT2D eigenvalue weighted by atomic mass is 9.94. The maximum absolute atomic E-state index is 13.7. The number of halogens is 1. The van der Waals surface area contributed by atoms with Crippen LogP contribution in [0, 0.1) is 0 Å². The molecule has 7 nitrogen and oxygen atoms in total. The number of allylic oxidation sites excluding steroid dienone is 3. The van der Waals surface area contributed by atoms with E-state index in [9.17, 15) is 9.90 Å². The summed E-state index contributed by atoms with van der Waals surface area (Å²) in [4.78, 5) is 15.3. The number of carbonyl (C=O) groups is 1. The Hall–Kier alpha value is -3.97. The van der Waals surface area contributed by atoms with E-state index in [1.54, 1.807) is 18.0 Å². The van der Waals surface area contributed by atoms with Crippen LogP contribution in [0.5, 0.6) is 5.75 Å². The highest BCUT2D eigenvalue weighted by molar-refractivity contribution is 6.30. The van der Waals surface area contributed by atoms with Crippen molar-refractivity contribution < 1.29 is 19.4 Å². The van der Waals surface area contributed by atoms with Crippen molar-refractivity contribution in [2.75, 3.05) is 7.05 Å². The van der Waals surface area contributed by atoms with E-state index in [0.717, 1.165) is 35.1 Å². The van der Waals surface area contributed by atoms with Gasteiger partial charge in [-0.1, -0.05) is 42.0 Å². The number of aromatic nitrogens is 2. The van der Waals surface area contributed by atoms with Crippen LogP contribution in [0.4, 0.5) is 0 Å². The Labute approximate surface area is 207 Å². The summed E-state index contributed by atoms with van der Waals surface area (Å²) >= 11 is 6.14. The van der Waals surface area contributed by atoms with Gasteiger partial charge in [-0.25, -0.2) is 0 Å². The average molecular weight is 490 g/mol. The molecule has 1 unspecified atom stereocenters. The summed E-state index contributed by atoms with van der Waals surface area (Å²) < 4.78 is 11.0. The van der Waals surface area contributed by atoms with Crippen LogP contribution in [0.2, 0.25) is 5.02 Å². The lowest BCUT2D eigenvalue weighted by molar-refractivity contribution is 0.0727. The van der Waals surface area contributed by atoms with Crippen molar-refractivity contribution in [3.8, 4) is 5.75 Å². The van der Waals surface area contributed by atoms with E-state index in [1.165, 1.54) is 24.9 Å². The molecule has 2 aromatic carbocycles. The number of H-pyrrole nitrogens is 1. The quantitative estimate of drug-likeness (QED) is 0.471. The Morgan fingerprint density at radius 2 is 2.17 bits per heavy atom. The predicted octanol–water partition coefficient (Wildman–Crippen LogP) is 5.59. The van der Waals surface area contributed by atoms with Gasteiger partial charge in [0, 0.05) is 29.9 Å². The molecule has 8 heteroatoms. The average Bonchev–Trinajstić information content (AvgIpc) is 3.25. The molecular weight excluding hydrogens is 466 g/mol. The first kappa shape index (κ1) is 22.8. The molecule has 1 aliphatic heterocycles. The molecule has 1 atom stereocenters. The highest BCUT2D eigenvalue weighted by Crippen LogP contribution is 2.32. The predicted molar refractivity (Wildman–Crippen MR) is 134 cm³/mol. The van der Waals surface area contributed by atoms with Crippen molar-refractivity contribution in [2.45, 2.75) is 25.3 Å². The zero-order valence-electron chi connectivity index (χ0n) is 19.1. The number of amides is 1. The van der Waals surface area contributed by atoms with E-state index in [0.29, 0.717) is 22.7 Å². The van der Waals surface area contributed by atoms with Gasteiger partial charge in [0.1, 0.15) is 30.6 Å². The number of carbonyl (C=O) groups excluding carboxylic acids is 1. The van der Waals surface area contributed by atoms with Crippen LogP contribution in [0.3, 0.4) is 0 Å². The zero-order valence-corrected chi connectivity index (χ0v) is 19.8. The third kappa shape index (κ3) is 4.68. The van der Waals surface area contributed by atoms with Gasteiger partial charge in [0.05, 0.1) is 16.8 Å². The SMILES string of the molecule is CN(C(=O)c1cc2c(Cc3cccc(Cl)c3)n[nH]c2cc1O)C(C1=CC=CCC1)C1=COC=CO1. The molecule has 1 aliphatic carbocycles. The first-order valence-corrected chi connectivity index (χ1v) is 11.6. The zero-order chi connectivity index (χ0) is 24.4.